The molecule has 3 rings (SSSR count). The van der Waals surface area contributed by atoms with Crippen LogP contribution < -0.4 is 11.3 Å². The Hall–Kier alpha value is -3.07. The Balaban J connectivity index is 0.000000185. The molecule has 126 valence electrons. The van der Waals surface area contributed by atoms with Crippen molar-refractivity contribution < 1.29 is 27.5 Å². The van der Waals surface area contributed by atoms with E-state index in [1.54, 1.807) is 0 Å². The Kier molecular flexibility index (Phi) is 5.05. The van der Waals surface area contributed by atoms with Crippen LogP contribution >= 0.6 is 0 Å². The normalized spacial score (nSPS) is 10.2. The molecule has 0 saturated carbocycles. The molecule has 1 aromatic heterocycles. The second kappa shape index (κ2) is 7.01. The van der Waals surface area contributed by atoms with Crippen LogP contribution in [0.4, 0.5) is 23.2 Å². The fraction of sp³-hybridized carbons (Fsp3) is 0. The molecule has 0 amide bonds. The topological polar surface area (TPSA) is 91.1 Å². The number of aromatic nitrogens is 1. The predicted octanol–water partition coefficient (Wildman–Crippen LogP) is 3.39. The van der Waals surface area contributed by atoms with Crippen molar-refractivity contribution in [2.75, 3.05) is 5.43 Å². The summed E-state index contributed by atoms with van der Waals surface area (Å²) in [5.41, 5.74) is 2.01. The maximum Gasteiger partial charge on any atom is 0.352 e. The zero-order chi connectivity index (χ0) is 17.9. The van der Waals surface area contributed by atoms with Gasteiger partial charge in [-0.05, 0) is 24.3 Å². The Morgan fingerprint density at radius 3 is 2.25 bits per heavy atom. The van der Waals surface area contributed by atoms with E-state index in [2.05, 4.69) is 10.4 Å². The average Bonchev–Trinajstić information content (AvgIpc) is 2.92. The summed E-state index contributed by atoms with van der Waals surface area (Å²) in [7, 11) is 0. The Morgan fingerprint density at radius 2 is 1.67 bits per heavy atom. The molecular formula is C15H11F4N3O2. The molecule has 0 radical (unpaired) electrons. The fourth-order valence-corrected chi connectivity index (χ4v) is 1.89. The number of carboxylic acids is 1. The lowest BCUT2D eigenvalue weighted by atomic mass is 10.2. The lowest BCUT2D eigenvalue weighted by molar-refractivity contribution is 0.0691. The molecule has 24 heavy (non-hydrogen) atoms. The van der Waals surface area contributed by atoms with Crippen LogP contribution in [0.2, 0.25) is 0 Å². The van der Waals surface area contributed by atoms with Crippen molar-refractivity contribution in [3.63, 3.8) is 0 Å². The van der Waals surface area contributed by atoms with Crippen molar-refractivity contribution in [3.05, 3.63) is 65.4 Å². The largest absolute Gasteiger partial charge is 0.477 e. The predicted molar refractivity (Wildman–Crippen MR) is 79.3 cm³/mol. The molecule has 0 aliphatic rings. The first kappa shape index (κ1) is 17.3. The monoisotopic (exact) mass is 341 g/mol. The number of hydrogen-bond donors (Lipinski definition) is 4. The van der Waals surface area contributed by atoms with Crippen molar-refractivity contribution >= 4 is 22.6 Å². The first-order chi connectivity index (χ1) is 11.3. The molecule has 0 spiro atoms. The van der Waals surface area contributed by atoms with Crippen LogP contribution in [0.25, 0.3) is 10.9 Å². The number of nitrogens with two attached hydrogens (primary N) is 1. The number of aromatic carboxylic acids is 1. The summed E-state index contributed by atoms with van der Waals surface area (Å²) in [6.45, 7) is 0. The number of benzene rings is 2. The summed E-state index contributed by atoms with van der Waals surface area (Å²) in [4.78, 5) is 12.9. The first-order valence-electron chi connectivity index (χ1n) is 6.44. The number of aromatic amines is 1. The highest BCUT2D eigenvalue weighted by molar-refractivity contribution is 5.93. The molecule has 0 aliphatic heterocycles. The lowest BCUT2D eigenvalue weighted by Crippen LogP contribution is -2.08. The van der Waals surface area contributed by atoms with Crippen molar-refractivity contribution in [3.8, 4) is 0 Å². The van der Waals surface area contributed by atoms with Gasteiger partial charge in [0, 0.05) is 17.5 Å². The summed E-state index contributed by atoms with van der Waals surface area (Å²) < 4.78 is 50.4. The van der Waals surface area contributed by atoms with E-state index in [4.69, 9.17) is 10.9 Å². The minimum atomic E-state index is -1.21. The van der Waals surface area contributed by atoms with E-state index in [1.165, 1.54) is 12.1 Å². The molecule has 1 heterocycles. The maximum absolute atomic E-state index is 13.1. The summed E-state index contributed by atoms with van der Waals surface area (Å²) in [5.74, 6) is 0.845. The van der Waals surface area contributed by atoms with Crippen LogP contribution in [0.3, 0.4) is 0 Å². The van der Waals surface area contributed by atoms with Gasteiger partial charge in [-0.15, -0.1) is 0 Å². The Morgan fingerprint density at radius 1 is 1.00 bits per heavy atom. The van der Waals surface area contributed by atoms with Crippen LogP contribution in [0.1, 0.15) is 10.5 Å². The molecule has 3 aromatic rings. The number of anilines is 1. The van der Waals surface area contributed by atoms with Gasteiger partial charge in [-0.3, -0.25) is 5.84 Å². The summed E-state index contributed by atoms with van der Waals surface area (Å²) in [6, 6.07) is 6.06. The molecule has 0 saturated heterocycles. The molecule has 9 heteroatoms. The number of carboxylic acid groups (broad SMARTS) is 1. The first-order valence-corrected chi connectivity index (χ1v) is 6.44. The van der Waals surface area contributed by atoms with Gasteiger partial charge < -0.3 is 15.5 Å². The van der Waals surface area contributed by atoms with Crippen LogP contribution in [0.5, 0.6) is 0 Å². The number of nitrogen functional groups attached to an aromatic ring is 1. The Bertz CT molecular complexity index is 896. The van der Waals surface area contributed by atoms with Gasteiger partial charge in [-0.25, -0.2) is 22.4 Å². The second-order valence-corrected chi connectivity index (χ2v) is 4.61. The third-order valence-corrected chi connectivity index (χ3v) is 2.96. The quantitative estimate of drug-likeness (QED) is 0.327. The van der Waals surface area contributed by atoms with Crippen LogP contribution in [-0.2, 0) is 0 Å². The smallest absolute Gasteiger partial charge is 0.352 e. The molecular weight excluding hydrogens is 330 g/mol. The highest BCUT2D eigenvalue weighted by atomic mass is 19.1. The van der Waals surface area contributed by atoms with Crippen molar-refractivity contribution in [1.29, 1.82) is 0 Å². The van der Waals surface area contributed by atoms with Gasteiger partial charge in [0.15, 0.2) is 5.82 Å². The van der Waals surface area contributed by atoms with Crippen molar-refractivity contribution in [1.82, 2.24) is 4.98 Å². The van der Waals surface area contributed by atoms with Crippen LogP contribution in [-0.4, -0.2) is 16.1 Å². The third kappa shape index (κ3) is 3.82. The standard InChI is InChI=1S/C9H5F2NO2.C6H6F2N2/c10-5-1-4-2-7(9(13)14)12-8(4)6(11)3-5;7-4-1-2-6(10-9)5(8)3-4/h1-3,12H,(H,13,14);1-3,10H,9H2. The zero-order valence-corrected chi connectivity index (χ0v) is 11.9. The highest BCUT2D eigenvalue weighted by Crippen LogP contribution is 2.20. The summed E-state index contributed by atoms with van der Waals surface area (Å²) in [5, 5.41) is 8.81. The highest BCUT2D eigenvalue weighted by Gasteiger charge is 2.11. The van der Waals surface area contributed by atoms with E-state index in [0.717, 1.165) is 18.2 Å². The van der Waals surface area contributed by atoms with Gasteiger partial charge in [-0.1, -0.05) is 0 Å². The number of hydrogen-bond acceptors (Lipinski definition) is 3. The number of hydrazine groups is 1. The van der Waals surface area contributed by atoms with Crippen LogP contribution in [0, 0.1) is 23.3 Å². The molecule has 0 bridgehead atoms. The summed E-state index contributed by atoms with van der Waals surface area (Å²) in [6.07, 6.45) is 0. The number of H-pyrrole nitrogens is 1. The Labute approximate surface area is 132 Å². The van der Waals surface area contributed by atoms with E-state index >= 15 is 0 Å². The average molecular weight is 341 g/mol. The molecule has 5 N–H and O–H groups in total. The number of rotatable bonds is 2. The number of nitrogens with one attached hydrogen (secondary N) is 2. The molecule has 0 atom stereocenters. The maximum atomic E-state index is 13.1. The van der Waals surface area contributed by atoms with Gasteiger partial charge >= 0.3 is 5.97 Å². The van der Waals surface area contributed by atoms with Gasteiger partial charge in [-0.2, -0.15) is 0 Å². The molecule has 0 fully saturated rings. The van der Waals surface area contributed by atoms with Gasteiger partial charge in [0.1, 0.15) is 23.1 Å². The second-order valence-electron chi connectivity index (χ2n) is 4.61. The van der Waals surface area contributed by atoms with E-state index in [9.17, 15) is 22.4 Å². The van der Waals surface area contributed by atoms with Gasteiger partial charge in [0.05, 0.1) is 11.2 Å². The minimum Gasteiger partial charge on any atom is -0.477 e. The number of halogens is 4. The van der Waals surface area contributed by atoms with Gasteiger partial charge in [0.2, 0.25) is 0 Å². The zero-order valence-electron chi connectivity index (χ0n) is 11.9. The van der Waals surface area contributed by atoms with E-state index < -0.39 is 29.2 Å². The third-order valence-electron chi connectivity index (χ3n) is 2.96. The summed E-state index contributed by atoms with van der Waals surface area (Å²) >= 11 is 0. The molecule has 0 unspecified atom stereocenters. The van der Waals surface area contributed by atoms with E-state index in [0.29, 0.717) is 6.07 Å². The number of fused-ring (bicyclic) bond motifs is 1. The van der Waals surface area contributed by atoms with Gasteiger partial charge in [0.25, 0.3) is 0 Å². The lowest BCUT2D eigenvalue weighted by Gasteiger charge is -1.99. The molecule has 0 aliphatic carbocycles. The SMILES string of the molecule is NNc1ccc(F)cc1F.O=C(O)c1cc2cc(F)cc(F)c2[nH]1. The van der Waals surface area contributed by atoms with Crippen LogP contribution in [0.15, 0.2) is 36.4 Å². The van der Waals surface area contributed by atoms with E-state index in [1.807, 2.05) is 0 Å². The minimum absolute atomic E-state index is 0.00352. The molecule has 5 nitrogen and oxygen atoms in total. The van der Waals surface area contributed by atoms with Crippen molar-refractivity contribution in [2.24, 2.45) is 5.84 Å². The van der Waals surface area contributed by atoms with Crippen molar-refractivity contribution in [2.45, 2.75) is 0 Å². The number of carbonyl (C=O) groups is 1. The fourth-order valence-electron chi connectivity index (χ4n) is 1.89. The molecule has 2 aromatic carbocycles. The van der Waals surface area contributed by atoms with E-state index in [-0.39, 0.29) is 22.3 Å².